The molecule has 1 fully saturated rings. The van der Waals surface area contributed by atoms with Gasteiger partial charge in [-0.25, -0.2) is 9.78 Å². The van der Waals surface area contributed by atoms with E-state index in [2.05, 4.69) is 25.4 Å². The van der Waals surface area contributed by atoms with Crippen molar-refractivity contribution in [3.05, 3.63) is 75.0 Å². The Labute approximate surface area is 164 Å². The van der Waals surface area contributed by atoms with Crippen molar-refractivity contribution in [1.29, 1.82) is 0 Å². The van der Waals surface area contributed by atoms with E-state index in [1.165, 1.54) is 0 Å². The molecule has 0 saturated heterocycles. The minimum absolute atomic E-state index is 0.226. The zero-order valence-corrected chi connectivity index (χ0v) is 15.5. The minimum atomic E-state index is -0.479. The number of nitrogens with zero attached hydrogens (tertiary/aromatic N) is 4. The largest absolute Gasteiger partial charge is 0.493 e. The first kappa shape index (κ1) is 17.2. The summed E-state index contributed by atoms with van der Waals surface area (Å²) in [7, 11) is 0. The Morgan fingerprint density at radius 2 is 2.10 bits per heavy atom. The van der Waals surface area contributed by atoms with E-state index in [1.54, 1.807) is 16.8 Å². The van der Waals surface area contributed by atoms with Crippen LogP contribution in [0.4, 0.5) is 5.82 Å². The van der Waals surface area contributed by atoms with Crippen LogP contribution in [0.3, 0.4) is 0 Å². The van der Waals surface area contributed by atoms with Crippen LogP contribution in [0, 0.1) is 0 Å². The Bertz CT molecular complexity index is 1350. The predicted octanol–water partition coefficient (Wildman–Crippen LogP) is 0.674. The Morgan fingerprint density at radius 3 is 2.83 bits per heavy atom. The average molecular weight is 389 g/mol. The number of rotatable bonds is 5. The first-order valence-corrected chi connectivity index (χ1v) is 9.39. The number of hydrogen-bond acceptors (Lipinski definition) is 6. The second kappa shape index (κ2) is 6.93. The van der Waals surface area contributed by atoms with Gasteiger partial charge in [0, 0.05) is 17.8 Å². The number of aromatic amines is 2. The highest BCUT2D eigenvalue weighted by Gasteiger charge is 2.20. The van der Waals surface area contributed by atoms with Crippen molar-refractivity contribution in [1.82, 2.24) is 24.6 Å². The molecule has 0 radical (unpaired) electrons. The van der Waals surface area contributed by atoms with Gasteiger partial charge in [-0.15, -0.1) is 0 Å². The topological polar surface area (TPSA) is 123 Å². The zero-order chi connectivity index (χ0) is 19.8. The molecule has 1 aliphatic carbocycles. The lowest BCUT2D eigenvalue weighted by Gasteiger charge is -2.06. The molecular formula is C20H19N7O2. The normalized spacial score (nSPS) is 15.3. The molecule has 9 heteroatoms. The number of aromatic hydroxyl groups is 1. The van der Waals surface area contributed by atoms with Gasteiger partial charge in [-0.3, -0.25) is 9.98 Å². The number of fused-ring (bicyclic) bond motifs is 1. The lowest BCUT2D eigenvalue weighted by Crippen LogP contribution is -2.20. The number of benzene rings is 1. The van der Waals surface area contributed by atoms with Crippen LogP contribution in [0.5, 0.6) is 5.88 Å². The molecule has 9 nitrogen and oxygen atoms in total. The highest BCUT2D eigenvalue weighted by atomic mass is 16.3. The fourth-order valence-corrected chi connectivity index (χ4v) is 3.08. The highest BCUT2D eigenvalue weighted by Crippen LogP contribution is 2.22. The van der Waals surface area contributed by atoms with Gasteiger partial charge in [0.2, 0.25) is 5.88 Å². The summed E-state index contributed by atoms with van der Waals surface area (Å²) in [5.41, 5.74) is 2.25. The minimum Gasteiger partial charge on any atom is -0.493 e. The zero-order valence-electron chi connectivity index (χ0n) is 15.5. The van der Waals surface area contributed by atoms with Gasteiger partial charge in [-0.2, -0.15) is 9.61 Å². The number of aromatic nitrogens is 5. The molecule has 146 valence electrons. The van der Waals surface area contributed by atoms with Crippen LogP contribution in [0.1, 0.15) is 24.1 Å². The predicted molar refractivity (Wildman–Crippen MR) is 107 cm³/mol. The van der Waals surface area contributed by atoms with Crippen LogP contribution in [0.25, 0.3) is 11.7 Å². The average Bonchev–Trinajstić information content (AvgIpc) is 3.36. The van der Waals surface area contributed by atoms with Crippen LogP contribution in [0.15, 0.2) is 52.4 Å². The van der Waals surface area contributed by atoms with Crippen LogP contribution in [-0.2, 0) is 6.54 Å². The number of imidazole rings is 1. The van der Waals surface area contributed by atoms with Crippen molar-refractivity contribution in [2.24, 2.45) is 4.99 Å². The highest BCUT2D eigenvalue weighted by molar-refractivity contribution is 5.57. The number of H-pyrrole nitrogens is 2. The molecule has 4 aromatic rings. The van der Waals surface area contributed by atoms with E-state index >= 15 is 0 Å². The summed E-state index contributed by atoms with van der Waals surface area (Å²) in [4.78, 5) is 25.7. The lowest BCUT2D eigenvalue weighted by atomic mass is 10.2. The summed E-state index contributed by atoms with van der Waals surface area (Å²) in [6, 6.07) is 12.3. The first-order chi connectivity index (χ1) is 14.2. The second-order valence-corrected chi connectivity index (χ2v) is 7.02. The van der Waals surface area contributed by atoms with Crippen molar-refractivity contribution in [2.75, 3.05) is 5.32 Å². The molecule has 0 atom stereocenters. The third kappa shape index (κ3) is 3.62. The molecule has 0 spiro atoms. The molecule has 0 aliphatic heterocycles. The summed E-state index contributed by atoms with van der Waals surface area (Å²) in [5.74, 6) is 0.457. The molecule has 4 N–H and O–H groups in total. The van der Waals surface area contributed by atoms with Gasteiger partial charge < -0.3 is 15.4 Å². The van der Waals surface area contributed by atoms with E-state index < -0.39 is 5.69 Å². The van der Waals surface area contributed by atoms with Crippen LogP contribution >= 0.6 is 0 Å². The molecule has 5 rings (SSSR count). The second-order valence-electron chi connectivity index (χ2n) is 7.02. The Morgan fingerprint density at radius 1 is 1.28 bits per heavy atom. The molecule has 1 saturated carbocycles. The molecule has 0 amide bonds. The monoisotopic (exact) mass is 389 g/mol. The van der Waals surface area contributed by atoms with Crippen molar-refractivity contribution in [3.63, 3.8) is 0 Å². The van der Waals surface area contributed by atoms with Crippen LogP contribution < -0.4 is 21.7 Å². The molecule has 1 aliphatic rings. The van der Waals surface area contributed by atoms with E-state index in [1.807, 2.05) is 36.4 Å². The van der Waals surface area contributed by atoms with E-state index in [-0.39, 0.29) is 11.6 Å². The maximum Gasteiger partial charge on any atom is 0.326 e. The van der Waals surface area contributed by atoms with Gasteiger partial charge in [-0.05, 0) is 24.5 Å². The summed E-state index contributed by atoms with van der Waals surface area (Å²) in [6.45, 7) is 0.631. The molecule has 0 unspecified atom stereocenters. The fourth-order valence-electron chi connectivity index (χ4n) is 3.08. The molecular weight excluding hydrogens is 370 g/mol. The van der Waals surface area contributed by atoms with Gasteiger partial charge in [0.05, 0.1) is 12.2 Å². The Balaban J connectivity index is 1.61. The lowest BCUT2D eigenvalue weighted by molar-refractivity contribution is 0.454. The first-order valence-electron chi connectivity index (χ1n) is 9.39. The summed E-state index contributed by atoms with van der Waals surface area (Å²) < 4.78 is 1.68. The van der Waals surface area contributed by atoms with Crippen LogP contribution in [-0.4, -0.2) is 35.7 Å². The third-order valence-corrected chi connectivity index (χ3v) is 4.69. The molecule has 3 aromatic heterocycles. The fraction of sp³-hybridized carbons (Fsp3) is 0.200. The summed E-state index contributed by atoms with van der Waals surface area (Å²) in [5, 5.41) is 18.3. The van der Waals surface area contributed by atoms with Crippen molar-refractivity contribution >= 4 is 17.5 Å². The number of anilines is 1. The quantitative estimate of drug-likeness (QED) is 0.400. The van der Waals surface area contributed by atoms with Crippen molar-refractivity contribution in [2.45, 2.75) is 25.4 Å². The van der Waals surface area contributed by atoms with Gasteiger partial charge >= 0.3 is 5.69 Å². The van der Waals surface area contributed by atoms with Gasteiger partial charge in [0.15, 0.2) is 11.1 Å². The van der Waals surface area contributed by atoms with Gasteiger partial charge in [0.25, 0.3) is 0 Å². The van der Waals surface area contributed by atoms with Gasteiger partial charge in [0.1, 0.15) is 11.5 Å². The van der Waals surface area contributed by atoms with E-state index in [4.69, 9.17) is 4.99 Å². The molecule has 1 aromatic carbocycles. The molecule has 29 heavy (non-hydrogen) atoms. The Kier molecular flexibility index (Phi) is 4.12. The van der Waals surface area contributed by atoms with E-state index in [9.17, 15) is 9.90 Å². The van der Waals surface area contributed by atoms with Crippen molar-refractivity contribution < 1.29 is 5.11 Å². The van der Waals surface area contributed by atoms with Gasteiger partial charge in [-0.1, -0.05) is 30.3 Å². The third-order valence-electron chi connectivity index (χ3n) is 4.69. The van der Waals surface area contributed by atoms with E-state index in [0.29, 0.717) is 29.3 Å². The van der Waals surface area contributed by atoms with Crippen LogP contribution in [0.2, 0.25) is 0 Å². The summed E-state index contributed by atoms with van der Waals surface area (Å²) >= 11 is 0. The van der Waals surface area contributed by atoms with E-state index in [0.717, 1.165) is 23.9 Å². The SMILES string of the molecule is O=c1[nH]c(O)c(/C=c2/cnn3c(=NC4CC4)cc(NCc4ccccc4)nc23)[nH]1. The standard InChI is InChI=1S/C20H19N7O2/c28-19-15(24-20(29)26-19)8-13-11-22-27-17(23-14-6-7-14)9-16(25-18(13)27)21-10-12-4-2-1-3-5-12/h1-5,8-9,11,14,21,28H,6-7,10H2,(H2,24,26,29)/b13-8-,23-17?. The maximum atomic E-state index is 11.4. The number of hydrogen-bond donors (Lipinski definition) is 4. The maximum absolute atomic E-state index is 11.4. The smallest absolute Gasteiger partial charge is 0.326 e. The Hall–Kier alpha value is -3.88. The summed E-state index contributed by atoms with van der Waals surface area (Å²) in [6.07, 6.45) is 5.43. The molecule has 0 bridgehead atoms. The molecule has 3 heterocycles. The number of nitrogens with one attached hydrogen (secondary N) is 3. The van der Waals surface area contributed by atoms with Crippen molar-refractivity contribution in [3.8, 4) is 5.88 Å².